The van der Waals surface area contributed by atoms with Gasteiger partial charge < -0.3 is 0 Å². The normalized spacial score (nSPS) is 10.8. The molecule has 2 nitrogen and oxygen atoms in total. The van der Waals surface area contributed by atoms with E-state index in [0.29, 0.717) is 13.2 Å². The first-order valence-electron chi connectivity index (χ1n) is 8.54. The molecule has 0 heterocycles. The molecule has 0 saturated carbocycles. The summed E-state index contributed by atoms with van der Waals surface area (Å²) in [5, 5.41) is 0. The Morgan fingerprint density at radius 3 is 1.84 bits per heavy atom. The summed E-state index contributed by atoms with van der Waals surface area (Å²) in [6, 6.07) is 30.0. The van der Waals surface area contributed by atoms with Crippen molar-refractivity contribution in [2.45, 2.75) is 6.92 Å². The van der Waals surface area contributed by atoms with Crippen LogP contribution in [0.2, 0.25) is 0 Å². The van der Waals surface area contributed by atoms with Crippen molar-refractivity contribution in [3.05, 3.63) is 84.9 Å². The minimum atomic E-state index is -1.40. The SMILES string of the molecule is CCOCCOc1ccccc1[Se+](c1ccccc1)c1ccccc1. The maximum absolute atomic E-state index is 6.07. The molecule has 0 spiro atoms. The van der Waals surface area contributed by atoms with Crippen molar-refractivity contribution in [3.8, 4) is 5.75 Å². The summed E-state index contributed by atoms with van der Waals surface area (Å²) in [5.74, 6) is 0.972. The molecule has 0 atom stereocenters. The third kappa shape index (κ3) is 4.73. The van der Waals surface area contributed by atoms with Crippen molar-refractivity contribution in [1.82, 2.24) is 0 Å². The number of rotatable bonds is 8. The molecule has 3 rings (SSSR count). The van der Waals surface area contributed by atoms with Crippen LogP contribution in [0.1, 0.15) is 6.92 Å². The van der Waals surface area contributed by atoms with Gasteiger partial charge in [0.05, 0.1) is 0 Å². The predicted molar refractivity (Wildman–Crippen MR) is 106 cm³/mol. The van der Waals surface area contributed by atoms with Gasteiger partial charge in [-0.25, -0.2) is 0 Å². The first kappa shape index (κ1) is 17.8. The van der Waals surface area contributed by atoms with Crippen LogP contribution in [0.15, 0.2) is 84.9 Å². The van der Waals surface area contributed by atoms with Crippen LogP contribution >= 0.6 is 0 Å². The summed E-state index contributed by atoms with van der Waals surface area (Å²) >= 11 is -1.40. The van der Waals surface area contributed by atoms with Crippen molar-refractivity contribution < 1.29 is 9.47 Å². The van der Waals surface area contributed by atoms with E-state index in [1.807, 2.05) is 13.0 Å². The Bertz CT molecular complexity index is 720. The summed E-state index contributed by atoms with van der Waals surface area (Å²) < 4.78 is 15.5. The Balaban J connectivity index is 1.97. The fourth-order valence-electron chi connectivity index (χ4n) is 2.60. The van der Waals surface area contributed by atoms with Crippen LogP contribution in [-0.2, 0) is 4.74 Å². The molecular weight excluding hydrogens is 375 g/mol. The van der Waals surface area contributed by atoms with Crippen molar-refractivity contribution in [2.75, 3.05) is 19.8 Å². The fourth-order valence-corrected chi connectivity index (χ4v) is 7.17. The number of ether oxygens (including phenoxy) is 2. The molecule has 3 aromatic rings. The van der Waals surface area contributed by atoms with E-state index in [1.165, 1.54) is 13.4 Å². The number of hydrogen-bond donors (Lipinski definition) is 0. The number of para-hydroxylation sites is 1. The van der Waals surface area contributed by atoms with Crippen LogP contribution in [0.5, 0.6) is 5.75 Å². The molecule has 0 bridgehead atoms. The van der Waals surface area contributed by atoms with Crippen LogP contribution in [0.4, 0.5) is 0 Å². The maximum atomic E-state index is 6.07. The molecule has 0 aliphatic carbocycles. The summed E-state index contributed by atoms with van der Waals surface area (Å²) in [7, 11) is 0. The van der Waals surface area contributed by atoms with Gasteiger partial charge >= 0.3 is 154 Å². The second-order valence-electron chi connectivity index (χ2n) is 5.42. The Hall–Kier alpha value is -2.06. The van der Waals surface area contributed by atoms with E-state index in [4.69, 9.17) is 9.47 Å². The van der Waals surface area contributed by atoms with Gasteiger partial charge in [-0.2, -0.15) is 0 Å². The van der Waals surface area contributed by atoms with Crippen LogP contribution in [0.25, 0.3) is 0 Å². The van der Waals surface area contributed by atoms with Gasteiger partial charge in [0.2, 0.25) is 0 Å². The summed E-state index contributed by atoms with van der Waals surface area (Å²) in [6.07, 6.45) is 0. The van der Waals surface area contributed by atoms with Crippen molar-refractivity contribution in [2.24, 2.45) is 0 Å². The molecule has 0 N–H and O–H groups in total. The molecule has 25 heavy (non-hydrogen) atoms. The van der Waals surface area contributed by atoms with Gasteiger partial charge in [0.25, 0.3) is 0 Å². The average molecular weight is 398 g/mol. The summed E-state index contributed by atoms with van der Waals surface area (Å²) in [6.45, 7) is 3.91. The second kappa shape index (κ2) is 9.43. The van der Waals surface area contributed by atoms with E-state index in [0.717, 1.165) is 12.4 Å². The Morgan fingerprint density at radius 1 is 0.680 bits per heavy atom. The molecule has 0 aliphatic rings. The first-order valence-corrected chi connectivity index (χ1v) is 11.1. The van der Waals surface area contributed by atoms with Crippen LogP contribution in [0, 0.1) is 0 Å². The predicted octanol–water partition coefficient (Wildman–Crippen LogP) is 2.62. The molecule has 0 radical (unpaired) electrons. The van der Waals surface area contributed by atoms with E-state index in [9.17, 15) is 0 Å². The van der Waals surface area contributed by atoms with Crippen molar-refractivity contribution >= 4 is 27.3 Å². The van der Waals surface area contributed by atoms with Crippen LogP contribution < -0.4 is 18.1 Å². The van der Waals surface area contributed by atoms with Gasteiger partial charge in [0, 0.05) is 0 Å². The quantitative estimate of drug-likeness (QED) is 0.429. The van der Waals surface area contributed by atoms with E-state index in [-0.39, 0.29) is 0 Å². The Morgan fingerprint density at radius 2 is 1.24 bits per heavy atom. The van der Waals surface area contributed by atoms with Crippen molar-refractivity contribution in [3.63, 3.8) is 0 Å². The summed E-state index contributed by atoms with van der Waals surface area (Å²) in [4.78, 5) is 0. The molecule has 0 saturated heterocycles. The summed E-state index contributed by atoms with van der Waals surface area (Å²) in [5.41, 5.74) is 0. The molecular formula is C22H23O2Se+. The number of hydrogen-bond acceptors (Lipinski definition) is 2. The van der Waals surface area contributed by atoms with Crippen molar-refractivity contribution in [1.29, 1.82) is 0 Å². The molecule has 0 aromatic heterocycles. The standard InChI is InChI=1S/C22H23O2Se/c1-2-23-17-18-24-21-15-9-10-16-22(21)25(19-11-5-3-6-12-19)20-13-7-4-8-14-20/h3-16H,2,17-18H2,1H3/q+1. The van der Waals surface area contributed by atoms with Gasteiger partial charge in [0.1, 0.15) is 0 Å². The van der Waals surface area contributed by atoms with Gasteiger partial charge in [-0.05, 0) is 0 Å². The molecule has 3 aromatic carbocycles. The second-order valence-corrected chi connectivity index (χ2v) is 9.61. The fraction of sp³-hybridized carbons (Fsp3) is 0.182. The van der Waals surface area contributed by atoms with E-state index < -0.39 is 13.9 Å². The third-order valence-corrected chi connectivity index (χ3v) is 8.47. The molecule has 0 amide bonds. The number of benzene rings is 3. The topological polar surface area (TPSA) is 18.5 Å². The van der Waals surface area contributed by atoms with Gasteiger partial charge in [-0.3, -0.25) is 0 Å². The Labute approximate surface area is 154 Å². The van der Waals surface area contributed by atoms with Gasteiger partial charge in [-0.1, -0.05) is 0 Å². The monoisotopic (exact) mass is 399 g/mol. The molecule has 3 heteroatoms. The average Bonchev–Trinajstić information content (AvgIpc) is 2.68. The zero-order chi connectivity index (χ0) is 17.3. The molecule has 0 fully saturated rings. The zero-order valence-corrected chi connectivity index (χ0v) is 16.1. The van der Waals surface area contributed by atoms with Gasteiger partial charge in [0.15, 0.2) is 0 Å². The van der Waals surface area contributed by atoms with Crippen LogP contribution in [-0.4, -0.2) is 33.7 Å². The molecule has 128 valence electrons. The van der Waals surface area contributed by atoms with Gasteiger partial charge in [-0.15, -0.1) is 0 Å². The molecule has 0 unspecified atom stereocenters. The zero-order valence-electron chi connectivity index (χ0n) is 14.4. The molecule has 0 aliphatic heterocycles. The first-order chi connectivity index (χ1) is 12.4. The van der Waals surface area contributed by atoms with E-state index in [2.05, 4.69) is 78.9 Å². The van der Waals surface area contributed by atoms with E-state index in [1.54, 1.807) is 0 Å². The van der Waals surface area contributed by atoms with Crippen LogP contribution in [0.3, 0.4) is 0 Å². The Kier molecular flexibility index (Phi) is 6.70. The third-order valence-electron chi connectivity index (χ3n) is 3.72. The van der Waals surface area contributed by atoms with E-state index >= 15 is 0 Å². The minimum absolute atomic E-state index is 0.577.